The largest absolute Gasteiger partial charge is 0.396 e. The Morgan fingerprint density at radius 3 is 2.71 bits per heavy atom. The van der Waals surface area contributed by atoms with Crippen LogP contribution < -0.4 is 0 Å². The van der Waals surface area contributed by atoms with E-state index in [1.807, 2.05) is 11.3 Å². The highest BCUT2D eigenvalue weighted by Crippen LogP contribution is 2.40. The molecule has 1 aliphatic rings. The molecule has 0 spiro atoms. The highest BCUT2D eigenvalue weighted by molar-refractivity contribution is 7.10. The Balaban J connectivity index is 1.78. The fourth-order valence-electron chi connectivity index (χ4n) is 2.65. The molecule has 1 saturated carbocycles. The van der Waals surface area contributed by atoms with Crippen LogP contribution in [0.25, 0.3) is 0 Å². The average molecular weight is 253 g/mol. The minimum atomic E-state index is 0.221. The number of aliphatic hydroxyl groups is 1. The van der Waals surface area contributed by atoms with Crippen molar-refractivity contribution in [3.05, 3.63) is 21.9 Å². The first-order valence-corrected chi connectivity index (χ1v) is 7.36. The zero-order valence-electron chi connectivity index (χ0n) is 10.9. The van der Waals surface area contributed by atoms with Gasteiger partial charge in [0.1, 0.15) is 0 Å². The van der Waals surface area contributed by atoms with Crippen molar-refractivity contribution in [2.75, 3.05) is 26.7 Å². The first-order valence-electron chi connectivity index (χ1n) is 6.48. The third kappa shape index (κ3) is 3.09. The van der Waals surface area contributed by atoms with Gasteiger partial charge in [0.05, 0.1) is 0 Å². The highest BCUT2D eigenvalue weighted by Gasteiger charge is 2.36. The van der Waals surface area contributed by atoms with Gasteiger partial charge in [-0.1, -0.05) is 6.42 Å². The molecule has 1 aromatic heterocycles. The Kier molecular flexibility index (Phi) is 4.23. The van der Waals surface area contributed by atoms with E-state index in [4.69, 9.17) is 0 Å². The van der Waals surface area contributed by atoms with Crippen molar-refractivity contribution in [2.24, 2.45) is 5.41 Å². The van der Waals surface area contributed by atoms with E-state index in [0.29, 0.717) is 6.61 Å². The van der Waals surface area contributed by atoms with Gasteiger partial charge in [-0.05, 0) is 50.2 Å². The van der Waals surface area contributed by atoms with Crippen molar-refractivity contribution in [3.63, 3.8) is 0 Å². The molecule has 0 unspecified atom stereocenters. The first-order chi connectivity index (χ1) is 8.15. The number of aliphatic hydroxyl groups excluding tert-OH is 1. The number of aryl methyl sites for hydroxylation is 1. The van der Waals surface area contributed by atoms with Crippen molar-refractivity contribution in [3.8, 4) is 0 Å². The number of hydrogen-bond acceptors (Lipinski definition) is 3. The van der Waals surface area contributed by atoms with Gasteiger partial charge in [-0.15, -0.1) is 11.3 Å². The molecule has 2 rings (SSSR count). The summed E-state index contributed by atoms with van der Waals surface area (Å²) < 4.78 is 0. The molecule has 0 radical (unpaired) electrons. The maximum Gasteiger partial charge on any atom is 0.0499 e. The predicted octanol–water partition coefficient (Wildman–Crippen LogP) is 2.69. The number of thiophene rings is 1. The van der Waals surface area contributed by atoms with Crippen molar-refractivity contribution < 1.29 is 5.11 Å². The Labute approximate surface area is 108 Å². The zero-order valence-corrected chi connectivity index (χ0v) is 11.7. The maximum atomic E-state index is 9.46. The fraction of sp³-hybridized carbons (Fsp3) is 0.714. The normalized spacial score (nSPS) is 18.4. The van der Waals surface area contributed by atoms with Gasteiger partial charge in [-0.25, -0.2) is 0 Å². The van der Waals surface area contributed by atoms with Gasteiger partial charge in [0, 0.05) is 30.0 Å². The molecule has 1 N–H and O–H groups in total. The summed E-state index contributed by atoms with van der Waals surface area (Å²) in [5.74, 6) is 0. The van der Waals surface area contributed by atoms with Crippen molar-refractivity contribution in [1.82, 2.24) is 4.90 Å². The third-order valence-corrected chi connectivity index (χ3v) is 5.13. The topological polar surface area (TPSA) is 23.5 Å². The number of hydrogen-bond donors (Lipinski definition) is 1. The minimum absolute atomic E-state index is 0.221. The molecule has 1 heterocycles. The summed E-state index contributed by atoms with van der Waals surface area (Å²) in [7, 11) is 2.18. The lowest BCUT2D eigenvalue weighted by Gasteiger charge is -2.43. The van der Waals surface area contributed by atoms with Crippen molar-refractivity contribution in [1.29, 1.82) is 0 Å². The van der Waals surface area contributed by atoms with Crippen LogP contribution in [0.5, 0.6) is 0 Å². The van der Waals surface area contributed by atoms with Crippen LogP contribution in [0, 0.1) is 12.3 Å². The van der Waals surface area contributed by atoms with Crippen LogP contribution in [-0.4, -0.2) is 36.8 Å². The monoisotopic (exact) mass is 253 g/mol. The molecule has 3 heteroatoms. The van der Waals surface area contributed by atoms with Gasteiger partial charge < -0.3 is 10.0 Å². The molecule has 1 fully saturated rings. The molecule has 0 bridgehead atoms. The minimum Gasteiger partial charge on any atom is -0.396 e. The molecular formula is C14H23NOS. The molecule has 1 aliphatic carbocycles. The maximum absolute atomic E-state index is 9.46. The van der Waals surface area contributed by atoms with Gasteiger partial charge in [0.25, 0.3) is 0 Å². The van der Waals surface area contributed by atoms with Crippen LogP contribution in [0.3, 0.4) is 0 Å². The summed E-state index contributed by atoms with van der Waals surface area (Å²) in [6.07, 6.45) is 4.83. The SMILES string of the molecule is Cc1ccsc1CCN(C)CC1(CO)CCC1. The van der Waals surface area contributed by atoms with Crippen LogP contribution in [-0.2, 0) is 6.42 Å². The van der Waals surface area contributed by atoms with Gasteiger partial charge in [0.15, 0.2) is 0 Å². The number of rotatable bonds is 6. The van der Waals surface area contributed by atoms with Gasteiger partial charge in [0.2, 0.25) is 0 Å². The molecule has 17 heavy (non-hydrogen) atoms. The standard InChI is InChI=1S/C14H23NOS/c1-12-5-9-17-13(12)4-8-15(2)10-14(11-16)6-3-7-14/h5,9,16H,3-4,6-8,10-11H2,1-2H3. The van der Waals surface area contributed by atoms with E-state index < -0.39 is 0 Å². The summed E-state index contributed by atoms with van der Waals surface area (Å²) in [4.78, 5) is 3.89. The Morgan fingerprint density at radius 2 is 2.24 bits per heavy atom. The third-order valence-electron chi connectivity index (χ3n) is 4.04. The van der Waals surface area contributed by atoms with E-state index in [-0.39, 0.29) is 5.41 Å². The lowest BCUT2D eigenvalue weighted by atomic mass is 9.69. The second-order valence-corrected chi connectivity index (χ2v) is 6.53. The first kappa shape index (κ1) is 13.1. The highest BCUT2D eigenvalue weighted by atomic mass is 32.1. The smallest absolute Gasteiger partial charge is 0.0499 e. The van der Waals surface area contributed by atoms with Crippen molar-refractivity contribution in [2.45, 2.75) is 32.6 Å². The van der Waals surface area contributed by atoms with E-state index in [1.165, 1.54) is 29.7 Å². The van der Waals surface area contributed by atoms with Crippen LogP contribution in [0.2, 0.25) is 0 Å². The van der Waals surface area contributed by atoms with Crippen LogP contribution in [0.15, 0.2) is 11.4 Å². The van der Waals surface area contributed by atoms with E-state index in [0.717, 1.165) is 19.5 Å². The number of likely N-dealkylation sites (N-methyl/N-ethyl adjacent to an activating group) is 1. The molecule has 0 saturated heterocycles. The summed E-state index contributed by atoms with van der Waals surface area (Å²) in [5, 5.41) is 11.6. The molecular weight excluding hydrogens is 230 g/mol. The zero-order chi connectivity index (χ0) is 12.3. The Bertz CT molecular complexity index is 351. The predicted molar refractivity (Wildman–Crippen MR) is 73.6 cm³/mol. The second-order valence-electron chi connectivity index (χ2n) is 5.53. The average Bonchev–Trinajstić information content (AvgIpc) is 2.67. The van der Waals surface area contributed by atoms with Crippen molar-refractivity contribution >= 4 is 11.3 Å². The van der Waals surface area contributed by atoms with E-state index in [9.17, 15) is 5.11 Å². The van der Waals surface area contributed by atoms with Gasteiger partial charge >= 0.3 is 0 Å². The lowest BCUT2D eigenvalue weighted by molar-refractivity contribution is 0.0149. The molecule has 1 aromatic rings. The van der Waals surface area contributed by atoms with Gasteiger partial charge in [-0.3, -0.25) is 0 Å². The molecule has 0 amide bonds. The quantitative estimate of drug-likeness (QED) is 0.842. The molecule has 96 valence electrons. The lowest BCUT2D eigenvalue weighted by Crippen LogP contribution is -2.44. The second kappa shape index (κ2) is 5.51. The Morgan fingerprint density at radius 1 is 1.47 bits per heavy atom. The van der Waals surface area contributed by atoms with E-state index in [2.05, 4.69) is 30.3 Å². The van der Waals surface area contributed by atoms with E-state index in [1.54, 1.807) is 0 Å². The van der Waals surface area contributed by atoms with E-state index >= 15 is 0 Å². The van der Waals surface area contributed by atoms with Crippen LogP contribution in [0.1, 0.15) is 29.7 Å². The molecule has 0 atom stereocenters. The summed E-state index contributed by atoms with van der Waals surface area (Å²) in [6, 6.07) is 2.20. The molecule has 2 nitrogen and oxygen atoms in total. The summed E-state index contributed by atoms with van der Waals surface area (Å²) in [5.41, 5.74) is 1.64. The molecule has 0 aliphatic heterocycles. The fourth-order valence-corrected chi connectivity index (χ4v) is 3.55. The number of nitrogens with zero attached hydrogens (tertiary/aromatic N) is 1. The van der Waals surface area contributed by atoms with Crippen LogP contribution in [0.4, 0.5) is 0 Å². The summed E-state index contributed by atoms with van der Waals surface area (Å²) in [6.45, 7) is 4.69. The van der Waals surface area contributed by atoms with Gasteiger partial charge in [-0.2, -0.15) is 0 Å². The van der Waals surface area contributed by atoms with Crippen LogP contribution >= 0.6 is 11.3 Å². The Hall–Kier alpha value is -0.380. The summed E-state index contributed by atoms with van der Waals surface area (Å²) >= 11 is 1.86. The molecule has 0 aromatic carbocycles.